The summed E-state index contributed by atoms with van der Waals surface area (Å²) in [4.78, 5) is 12.1. The summed E-state index contributed by atoms with van der Waals surface area (Å²) in [6.07, 6.45) is 0. The van der Waals surface area contributed by atoms with E-state index in [0.29, 0.717) is 10.7 Å². The molecule has 156 valence electrons. The van der Waals surface area contributed by atoms with Gasteiger partial charge in [0.05, 0.1) is 15.8 Å². The van der Waals surface area contributed by atoms with Gasteiger partial charge in [0.25, 0.3) is 5.91 Å². The maximum Gasteiger partial charge on any atom is 0.277 e. The van der Waals surface area contributed by atoms with Crippen molar-refractivity contribution >= 4 is 46.4 Å². The zero-order chi connectivity index (χ0) is 21.8. The summed E-state index contributed by atoms with van der Waals surface area (Å²) in [5.41, 5.74) is 7.43. The van der Waals surface area contributed by atoms with Gasteiger partial charge in [-0.3, -0.25) is 4.79 Å². The molecule has 1 N–H and O–H groups in total. The second kappa shape index (κ2) is 9.56. The van der Waals surface area contributed by atoms with E-state index >= 15 is 0 Å². The van der Waals surface area contributed by atoms with Gasteiger partial charge < -0.3 is 9.30 Å². The molecule has 0 aliphatic rings. The molecular formula is C22H20Cl3N3O2. The van der Waals surface area contributed by atoms with Crippen LogP contribution >= 0.6 is 34.8 Å². The molecule has 0 aliphatic carbocycles. The lowest BCUT2D eigenvalue weighted by molar-refractivity contribution is -0.123. The maximum atomic E-state index is 12.1. The number of nitrogens with one attached hydrogen (secondary N) is 1. The first-order valence-corrected chi connectivity index (χ1v) is 10.3. The van der Waals surface area contributed by atoms with Gasteiger partial charge in [-0.25, -0.2) is 5.43 Å². The van der Waals surface area contributed by atoms with Crippen LogP contribution in [0.3, 0.4) is 0 Å². The number of hydrogen-bond acceptors (Lipinski definition) is 3. The number of aryl methyl sites for hydroxylation is 2. The second-order valence-electron chi connectivity index (χ2n) is 6.72. The fourth-order valence-corrected chi connectivity index (χ4v) is 3.90. The van der Waals surface area contributed by atoms with Gasteiger partial charge in [-0.15, -0.1) is 0 Å². The van der Waals surface area contributed by atoms with Crippen LogP contribution in [0.1, 0.15) is 23.9 Å². The highest BCUT2D eigenvalue weighted by Gasteiger charge is 2.11. The molecule has 3 aromatic rings. The Morgan fingerprint density at radius 2 is 1.57 bits per heavy atom. The highest BCUT2D eigenvalue weighted by Crippen LogP contribution is 2.35. The molecule has 3 rings (SSSR count). The summed E-state index contributed by atoms with van der Waals surface area (Å²) in [7, 11) is 0. The molecule has 0 bridgehead atoms. The Labute approximate surface area is 190 Å². The van der Waals surface area contributed by atoms with E-state index in [1.54, 1.807) is 0 Å². The lowest BCUT2D eigenvalue weighted by atomic mass is 10.1. The molecule has 0 atom stereocenters. The van der Waals surface area contributed by atoms with Crippen LogP contribution in [-0.4, -0.2) is 22.8 Å². The Bertz CT molecular complexity index is 1060. The quantitative estimate of drug-likeness (QED) is 0.361. The van der Waals surface area contributed by atoms with Crippen LogP contribution < -0.4 is 10.2 Å². The van der Waals surface area contributed by atoms with Gasteiger partial charge >= 0.3 is 0 Å². The van der Waals surface area contributed by atoms with Crippen LogP contribution in [0.4, 0.5) is 0 Å². The largest absolute Gasteiger partial charge is 0.481 e. The molecule has 0 fully saturated rings. The number of halogens is 3. The molecule has 2 aromatic carbocycles. The summed E-state index contributed by atoms with van der Waals surface area (Å²) < 4.78 is 7.56. The van der Waals surface area contributed by atoms with E-state index in [9.17, 15) is 4.79 Å². The van der Waals surface area contributed by atoms with Gasteiger partial charge in [-0.1, -0.05) is 46.9 Å². The predicted molar refractivity (Wildman–Crippen MR) is 123 cm³/mol. The van der Waals surface area contributed by atoms with Crippen molar-refractivity contribution < 1.29 is 9.53 Å². The molecule has 8 heteroatoms. The van der Waals surface area contributed by atoms with Gasteiger partial charge in [0.2, 0.25) is 0 Å². The number of aromatic nitrogens is 1. The fraction of sp³-hybridized carbons (Fsp3) is 0.182. The molecule has 1 amide bonds. The summed E-state index contributed by atoms with van der Waals surface area (Å²) in [6, 6.07) is 15.1. The molecule has 1 aromatic heterocycles. The molecular weight excluding hydrogens is 445 g/mol. The zero-order valence-corrected chi connectivity index (χ0v) is 18.9. The topological polar surface area (TPSA) is 55.6 Å². The Kier molecular flexibility index (Phi) is 7.08. The van der Waals surface area contributed by atoms with Crippen molar-refractivity contribution in [2.45, 2.75) is 20.8 Å². The standard InChI is InChI=1S/C22H20Cl3N3O2/c1-13-4-5-14(2)28(13)18-8-6-16(7-9-18)15(3)26-27-21(29)12-30-22-19(24)10-17(23)11-20(22)25/h4-11H,12H2,1-3H3,(H,27,29)/b26-15+. The normalized spacial score (nSPS) is 11.5. The predicted octanol–water partition coefficient (Wildman–Crippen LogP) is 5.97. The van der Waals surface area contributed by atoms with E-state index in [4.69, 9.17) is 39.5 Å². The minimum atomic E-state index is -0.438. The Morgan fingerprint density at radius 1 is 1.00 bits per heavy atom. The van der Waals surface area contributed by atoms with E-state index in [1.807, 2.05) is 31.2 Å². The minimum Gasteiger partial charge on any atom is -0.481 e. The van der Waals surface area contributed by atoms with Crippen molar-refractivity contribution in [3.8, 4) is 11.4 Å². The van der Waals surface area contributed by atoms with Crippen LogP contribution in [0, 0.1) is 13.8 Å². The second-order valence-corrected chi connectivity index (χ2v) is 7.97. The number of hydrazone groups is 1. The third-order valence-electron chi connectivity index (χ3n) is 4.47. The molecule has 0 radical (unpaired) electrons. The first-order chi connectivity index (χ1) is 14.3. The SMILES string of the molecule is C/C(=N\NC(=O)COc1c(Cl)cc(Cl)cc1Cl)c1ccc(-n2c(C)ccc2C)cc1. The number of rotatable bonds is 6. The molecule has 5 nitrogen and oxygen atoms in total. The molecule has 0 spiro atoms. The number of nitrogens with zero attached hydrogens (tertiary/aromatic N) is 2. The Hall–Kier alpha value is -2.47. The summed E-state index contributed by atoms with van der Waals surface area (Å²) >= 11 is 17.9. The molecule has 1 heterocycles. The van der Waals surface area contributed by atoms with E-state index in [-0.39, 0.29) is 22.4 Å². The van der Waals surface area contributed by atoms with Gasteiger partial charge in [-0.05, 0) is 62.7 Å². The van der Waals surface area contributed by atoms with E-state index in [2.05, 4.69) is 41.1 Å². The minimum absolute atomic E-state index is 0.199. The molecule has 0 unspecified atom stereocenters. The van der Waals surface area contributed by atoms with Crippen LogP contribution in [0.5, 0.6) is 5.75 Å². The average molecular weight is 465 g/mol. The van der Waals surface area contributed by atoms with Crippen molar-refractivity contribution in [3.05, 3.63) is 80.6 Å². The first kappa shape index (κ1) is 22.2. The van der Waals surface area contributed by atoms with E-state index in [1.165, 1.54) is 23.5 Å². The highest BCUT2D eigenvalue weighted by molar-refractivity contribution is 6.40. The highest BCUT2D eigenvalue weighted by atomic mass is 35.5. The molecule has 30 heavy (non-hydrogen) atoms. The van der Waals surface area contributed by atoms with E-state index < -0.39 is 5.91 Å². The number of carbonyl (C=O) groups is 1. The van der Waals surface area contributed by atoms with Gasteiger partial charge in [0, 0.05) is 22.1 Å². The number of hydrogen-bond donors (Lipinski definition) is 1. The van der Waals surface area contributed by atoms with Crippen LogP contribution in [-0.2, 0) is 4.79 Å². The van der Waals surface area contributed by atoms with Gasteiger partial charge in [0.1, 0.15) is 0 Å². The molecule has 0 saturated heterocycles. The third kappa shape index (κ3) is 5.17. The first-order valence-electron chi connectivity index (χ1n) is 9.12. The number of carbonyl (C=O) groups excluding carboxylic acids is 1. The number of ether oxygens (including phenoxy) is 1. The Morgan fingerprint density at radius 3 is 2.13 bits per heavy atom. The lowest BCUT2D eigenvalue weighted by Gasteiger charge is -2.11. The number of benzene rings is 2. The van der Waals surface area contributed by atoms with E-state index in [0.717, 1.165) is 11.3 Å². The van der Waals surface area contributed by atoms with Crippen LogP contribution in [0.2, 0.25) is 15.1 Å². The average Bonchev–Trinajstić information content (AvgIpc) is 3.03. The lowest BCUT2D eigenvalue weighted by Crippen LogP contribution is -2.25. The van der Waals surface area contributed by atoms with Crippen LogP contribution in [0.25, 0.3) is 5.69 Å². The smallest absolute Gasteiger partial charge is 0.277 e. The van der Waals surface area contributed by atoms with Crippen molar-refractivity contribution in [2.75, 3.05) is 6.61 Å². The van der Waals surface area contributed by atoms with Crippen molar-refractivity contribution in [3.63, 3.8) is 0 Å². The fourth-order valence-electron chi connectivity index (χ4n) is 2.98. The summed E-state index contributed by atoms with van der Waals surface area (Å²) in [5, 5.41) is 4.98. The van der Waals surface area contributed by atoms with Crippen molar-refractivity contribution in [2.24, 2.45) is 5.10 Å². The number of amides is 1. The molecule has 0 saturated carbocycles. The summed E-state index contributed by atoms with van der Waals surface area (Å²) in [6.45, 7) is 5.66. The Balaban J connectivity index is 1.61. The maximum absolute atomic E-state index is 12.1. The summed E-state index contributed by atoms with van der Waals surface area (Å²) in [5.74, 6) is -0.239. The zero-order valence-electron chi connectivity index (χ0n) is 16.7. The van der Waals surface area contributed by atoms with Gasteiger partial charge in [-0.2, -0.15) is 5.10 Å². The van der Waals surface area contributed by atoms with Crippen LogP contribution in [0.15, 0.2) is 53.6 Å². The monoisotopic (exact) mass is 463 g/mol. The van der Waals surface area contributed by atoms with Gasteiger partial charge in [0.15, 0.2) is 12.4 Å². The molecule has 0 aliphatic heterocycles. The van der Waals surface area contributed by atoms with Crippen molar-refractivity contribution in [1.82, 2.24) is 9.99 Å². The third-order valence-corrected chi connectivity index (χ3v) is 5.25. The van der Waals surface area contributed by atoms with Crippen molar-refractivity contribution in [1.29, 1.82) is 0 Å².